The van der Waals surface area contributed by atoms with Crippen molar-refractivity contribution in [3.05, 3.63) is 29.6 Å². The summed E-state index contributed by atoms with van der Waals surface area (Å²) in [4.78, 5) is 23.2. The number of benzene rings is 1. The summed E-state index contributed by atoms with van der Waals surface area (Å²) in [7, 11) is -3.76. The molecule has 1 spiro atoms. The molecule has 2 N–H and O–H groups in total. The van der Waals surface area contributed by atoms with E-state index in [4.69, 9.17) is 0 Å². The van der Waals surface area contributed by atoms with Crippen LogP contribution < -0.4 is 10.6 Å². The van der Waals surface area contributed by atoms with E-state index in [0.717, 1.165) is 6.07 Å². The Kier molecular flexibility index (Phi) is 3.64. The van der Waals surface area contributed by atoms with Crippen LogP contribution in [0, 0.1) is 12.7 Å². The van der Waals surface area contributed by atoms with E-state index in [0.29, 0.717) is 5.56 Å². The number of hydrogen-bond donors (Lipinski definition) is 2. The number of nitrogens with one attached hydrogen (secondary N) is 2. The first kappa shape index (κ1) is 15.9. The number of halogens is 1. The third-order valence-corrected chi connectivity index (χ3v) is 6.40. The van der Waals surface area contributed by atoms with E-state index in [-0.39, 0.29) is 30.8 Å². The van der Waals surface area contributed by atoms with Gasteiger partial charge in [-0.05, 0) is 43.5 Å². The van der Waals surface area contributed by atoms with Crippen molar-refractivity contribution in [2.24, 2.45) is 0 Å². The molecule has 2 saturated heterocycles. The zero-order chi connectivity index (χ0) is 16.8. The third-order valence-electron chi connectivity index (χ3n) is 4.35. The molecule has 124 valence electrons. The number of piperidine rings is 1. The summed E-state index contributed by atoms with van der Waals surface area (Å²) in [5.41, 5.74) is -0.696. The highest BCUT2D eigenvalue weighted by atomic mass is 32.2. The van der Waals surface area contributed by atoms with Gasteiger partial charge in [-0.2, -0.15) is 4.31 Å². The van der Waals surface area contributed by atoms with Crippen LogP contribution in [0.2, 0.25) is 0 Å². The molecule has 3 amide bonds. The normalized spacial score (nSPS) is 21.3. The van der Waals surface area contributed by atoms with Crippen molar-refractivity contribution in [1.29, 1.82) is 0 Å². The van der Waals surface area contributed by atoms with Gasteiger partial charge in [-0.25, -0.2) is 17.6 Å². The number of nitrogens with zero attached hydrogens (tertiary/aromatic N) is 1. The summed E-state index contributed by atoms with van der Waals surface area (Å²) >= 11 is 0. The Bertz CT molecular complexity index is 785. The maximum atomic E-state index is 13.2. The van der Waals surface area contributed by atoms with E-state index >= 15 is 0 Å². The standard InChI is InChI=1S/C14H16FN3O4S/c1-9-8-10(15)2-3-11(9)23(21,22)18-6-4-14(5-7-18)12(19)16-13(20)17-14/h2-3,8H,4-7H2,1H3,(H2,16,17,19,20). The van der Waals surface area contributed by atoms with Crippen LogP contribution in [-0.4, -0.2) is 43.3 Å². The van der Waals surface area contributed by atoms with Crippen LogP contribution in [0.5, 0.6) is 0 Å². The number of carbonyl (C=O) groups excluding carboxylic acids is 2. The lowest BCUT2D eigenvalue weighted by Crippen LogP contribution is -2.55. The van der Waals surface area contributed by atoms with Crippen LogP contribution in [0.25, 0.3) is 0 Å². The second kappa shape index (κ2) is 5.27. The Labute approximate surface area is 132 Å². The van der Waals surface area contributed by atoms with Crippen molar-refractivity contribution in [1.82, 2.24) is 14.9 Å². The van der Waals surface area contributed by atoms with Gasteiger partial charge in [-0.1, -0.05) is 0 Å². The fraction of sp³-hybridized carbons (Fsp3) is 0.429. The number of amides is 3. The molecule has 0 aromatic heterocycles. The summed E-state index contributed by atoms with van der Waals surface area (Å²) in [6.45, 7) is 1.74. The molecule has 0 radical (unpaired) electrons. The third kappa shape index (κ3) is 2.59. The van der Waals surface area contributed by atoms with E-state index < -0.39 is 33.3 Å². The Morgan fingerprint density at radius 2 is 1.87 bits per heavy atom. The zero-order valence-electron chi connectivity index (χ0n) is 12.4. The van der Waals surface area contributed by atoms with Crippen molar-refractivity contribution in [3.8, 4) is 0 Å². The lowest BCUT2D eigenvalue weighted by molar-refractivity contribution is -0.125. The number of carbonyl (C=O) groups is 2. The molecule has 0 saturated carbocycles. The summed E-state index contributed by atoms with van der Waals surface area (Å²) in [6, 6.07) is 2.97. The molecular formula is C14H16FN3O4S. The van der Waals surface area contributed by atoms with Crippen LogP contribution in [0.1, 0.15) is 18.4 Å². The molecule has 23 heavy (non-hydrogen) atoms. The molecule has 2 aliphatic rings. The van der Waals surface area contributed by atoms with Gasteiger partial charge < -0.3 is 5.32 Å². The summed E-state index contributed by atoms with van der Waals surface area (Å²) < 4.78 is 39.8. The molecule has 0 unspecified atom stereocenters. The molecule has 1 aromatic carbocycles. The molecule has 9 heteroatoms. The van der Waals surface area contributed by atoms with E-state index in [1.54, 1.807) is 0 Å². The summed E-state index contributed by atoms with van der Waals surface area (Å²) in [6.07, 6.45) is 0.397. The second-order valence-electron chi connectivity index (χ2n) is 5.80. The van der Waals surface area contributed by atoms with Crippen LogP contribution in [0.4, 0.5) is 9.18 Å². The minimum Gasteiger partial charge on any atom is -0.323 e. The van der Waals surface area contributed by atoms with Gasteiger partial charge in [0.15, 0.2) is 0 Å². The number of sulfonamides is 1. The molecule has 7 nitrogen and oxygen atoms in total. The topological polar surface area (TPSA) is 95.6 Å². The minimum atomic E-state index is -3.76. The average molecular weight is 341 g/mol. The van der Waals surface area contributed by atoms with Crippen molar-refractivity contribution in [2.45, 2.75) is 30.2 Å². The largest absolute Gasteiger partial charge is 0.323 e. The Hall–Kier alpha value is -2.00. The number of imide groups is 1. The molecule has 0 atom stereocenters. The maximum absolute atomic E-state index is 13.2. The van der Waals surface area contributed by atoms with Gasteiger partial charge in [-0.3, -0.25) is 10.1 Å². The van der Waals surface area contributed by atoms with E-state index in [2.05, 4.69) is 10.6 Å². The minimum absolute atomic E-state index is 0.0507. The molecule has 0 bridgehead atoms. The first-order valence-corrected chi connectivity index (χ1v) is 8.58. The number of aryl methyl sites for hydroxylation is 1. The van der Waals surface area contributed by atoms with Gasteiger partial charge in [-0.15, -0.1) is 0 Å². The smallest absolute Gasteiger partial charge is 0.322 e. The predicted molar refractivity (Wildman–Crippen MR) is 78.5 cm³/mol. The number of urea groups is 1. The quantitative estimate of drug-likeness (QED) is 0.766. The molecule has 2 heterocycles. The summed E-state index contributed by atoms with van der Waals surface area (Å²) in [5.74, 6) is -0.915. The highest BCUT2D eigenvalue weighted by molar-refractivity contribution is 7.89. The second-order valence-corrected chi connectivity index (χ2v) is 7.71. The molecule has 1 aromatic rings. The van der Waals surface area contributed by atoms with Crippen LogP contribution >= 0.6 is 0 Å². The molecular weight excluding hydrogens is 325 g/mol. The van der Waals surface area contributed by atoms with Gasteiger partial charge in [0.25, 0.3) is 5.91 Å². The highest BCUT2D eigenvalue weighted by Gasteiger charge is 2.49. The van der Waals surface area contributed by atoms with Crippen LogP contribution in [0.3, 0.4) is 0 Å². The van der Waals surface area contributed by atoms with Gasteiger partial charge >= 0.3 is 6.03 Å². The maximum Gasteiger partial charge on any atom is 0.322 e. The lowest BCUT2D eigenvalue weighted by atomic mass is 9.89. The van der Waals surface area contributed by atoms with Gasteiger partial charge in [0.2, 0.25) is 10.0 Å². The lowest BCUT2D eigenvalue weighted by Gasteiger charge is -2.36. The van der Waals surface area contributed by atoms with E-state index in [1.807, 2.05) is 0 Å². The molecule has 0 aliphatic carbocycles. The van der Waals surface area contributed by atoms with Gasteiger partial charge in [0.05, 0.1) is 4.90 Å². The van der Waals surface area contributed by atoms with E-state index in [1.165, 1.54) is 23.4 Å². The van der Waals surface area contributed by atoms with Crippen molar-refractivity contribution < 1.29 is 22.4 Å². The molecule has 2 fully saturated rings. The van der Waals surface area contributed by atoms with Crippen LogP contribution in [0.15, 0.2) is 23.1 Å². The first-order chi connectivity index (χ1) is 10.7. The van der Waals surface area contributed by atoms with Gasteiger partial charge in [0.1, 0.15) is 11.4 Å². The fourth-order valence-corrected chi connectivity index (χ4v) is 4.68. The Morgan fingerprint density at radius 1 is 1.22 bits per heavy atom. The Morgan fingerprint density at radius 3 is 2.39 bits per heavy atom. The zero-order valence-corrected chi connectivity index (χ0v) is 13.2. The van der Waals surface area contributed by atoms with E-state index in [9.17, 15) is 22.4 Å². The van der Waals surface area contributed by atoms with Crippen LogP contribution in [-0.2, 0) is 14.8 Å². The van der Waals surface area contributed by atoms with Crippen molar-refractivity contribution in [3.63, 3.8) is 0 Å². The van der Waals surface area contributed by atoms with Crippen molar-refractivity contribution in [2.75, 3.05) is 13.1 Å². The molecule has 3 rings (SSSR count). The first-order valence-electron chi connectivity index (χ1n) is 7.14. The van der Waals surface area contributed by atoms with Gasteiger partial charge in [0, 0.05) is 13.1 Å². The molecule has 2 aliphatic heterocycles. The summed E-state index contributed by atoms with van der Waals surface area (Å²) in [5, 5.41) is 4.76. The average Bonchev–Trinajstić information content (AvgIpc) is 2.73. The fourth-order valence-electron chi connectivity index (χ4n) is 3.03. The monoisotopic (exact) mass is 341 g/mol. The Balaban J connectivity index is 1.82. The highest BCUT2D eigenvalue weighted by Crippen LogP contribution is 2.30. The number of rotatable bonds is 2. The van der Waals surface area contributed by atoms with Crippen molar-refractivity contribution >= 4 is 22.0 Å². The SMILES string of the molecule is Cc1cc(F)ccc1S(=O)(=O)N1CCC2(CC1)NC(=O)NC2=O. The predicted octanol–water partition coefficient (Wildman–Crippen LogP) is 0.497. The number of hydrogen-bond acceptors (Lipinski definition) is 4.